The van der Waals surface area contributed by atoms with Gasteiger partial charge in [-0.1, -0.05) is 18.2 Å². The van der Waals surface area contributed by atoms with E-state index in [1.54, 1.807) is 31.2 Å². The fourth-order valence-electron chi connectivity index (χ4n) is 1.86. The van der Waals surface area contributed by atoms with Crippen LogP contribution in [0.2, 0.25) is 0 Å². The summed E-state index contributed by atoms with van der Waals surface area (Å²) < 4.78 is 26.9. The maximum atomic E-state index is 12.2. The Morgan fingerprint density at radius 2 is 1.90 bits per heavy atom. The van der Waals surface area contributed by atoms with E-state index in [0.717, 1.165) is 0 Å². The molecule has 6 heteroatoms. The molecule has 0 heterocycles. The fourth-order valence-corrected chi connectivity index (χ4v) is 3.11. The van der Waals surface area contributed by atoms with E-state index < -0.39 is 10.0 Å². The first-order chi connectivity index (χ1) is 9.40. The van der Waals surface area contributed by atoms with E-state index >= 15 is 0 Å². The molecule has 2 aromatic carbocycles. The number of nitrogens with one attached hydrogen (secondary N) is 1. The Balaban J connectivity index is 2.22. The maximum absolute atomic E-state index is 12.2. The molecule has 2 aromatic rings. The predicted octanol–water partition coefficient (Wildman–Crippen LogP) is 1.76. The molecule has 5 nitrogen and oxygen atoms in total. The molecule has 0 aliphatic heterocycles. The molecule has 0 amide bonds. The number of hydrogen-bond donors (Lipinski definition) is 3. The highest BCUT2D eigenvalue weighted by molar-refractivity contribution is 7.89. The molecule has 106 valence electrons. The van der Waals surface area contributed by atoms with Crippen LogP contribution in [0.1, 0.15) is 11.1 Å². The lowest BCUT2D eigenvalue weighted by molar-refractivity contribution is 0.467. The molecule has 0 saturated heterocycles. The third-order valence-corrected chi connectivity index (χ3v) is 4.50. The summed E-state index contributed by atoms with van der Waals surface area (Å²) in [6.07, 6.45) is 0. The normalized spacial score (nSPS) is 11.4. The number of phenolic OH excluding ortho intramolecular Hbond substituents is 1. The van der Waals surface area contributed by atoms with Gasteiger partial charge in [0.25, 0.3) is 0 Å². The van der Waals surface area contributed by atoms with Gasteiger partial charge in [0.1, 0.15) is 5.75 Å². The number of anilines is 1. The summed E-state index contributed by atoms with van der Waals surface area (Å²) >= 11 is 0. The van der Waals surface area contributed by atoms with E-state index in [1.807, 2.05) is 0 Å². The van der Waals surface area contributed by atoms with Crippen LogP contribution < -0.4 is 10.5 Å². The average Bonchev–Trinajstić information content (AvgIpc) is 2.40. The molecule has 0 aromatic heterocycles. The van der Waals surface area contributed by atoms with Crippen molar-refractivity contribution >= 4 is 15.7 Å². The number of phenols is 1. The first-order valence-electron chi connectivity index (χ1n) is 6.03. The molecule has 4 N–H and O–H groups in total. The Hall–Kier alpha value is -2.05. The lowest BCUT2D eigenvalue weighted by atomic mass is 10.2. The van der Waals surface area contributed by atoms with Gasteiger partial charge < -0.3 is 10.8 Å². The van der Waals surface area contributed by atoms with Gasteiger partial charge in [0, 0.05) is 17.8 Å². The highest BCUT2D eigenvalue weighted by atomic mass is 32.2. The number of nitrogens with two attached hydrogens (primary N) is 1. The first-order valence-corrected chi connectivity index (χ1v) is 7.51. The predicted molar refractivity (Wildman–Crippen MR) is 77.7 cm³/mol. The van der Waals surface area contributed by atoms with Gasteiger partial charge in [-0.05, 0) is 36.8 Å². The van der Waals surface area contributed by atoms with Crippen LogP contribution in [0.4, 0.5) is 5.69 Å². The second-order valence-corrected chi connectivity index (χ2v) is 6.21. The SMILES string of the molecule is Cc1ccccc1S(=O)(=O)NCc1cc(N)ccc1O. The van der Waals surface area contributed by atoms with Gasteiger partial charge in [0.15, 0.2) is 0 Å². The van der Waals surface area contributed by atoms with Crippen LogP contribution in [0.3, 0.4) is 0 Å². The Labute approximate surface area is 118 Å². The van der Waals surface area contributed by atoms with Crippen molar-refractivity contribution in [1.82, 2.24) is 4.72 Å². The van der Waals surface area contributed by atoms with E-state index in [2.05, 4.69) is 4.72 Å². The van der Waals surface area contributed by atoms with Crippen molar-refractivity contribution in [3.05, 3.63) is 53.6 Å². The fraction of sp³-hybridized carbons (Fsp3) is 0.143. The van der Waals surface area contributed by atoms with Crippen molar-refractivity contribution < 1.29 is 13.5 Å². The van der Waals surface area contributed by atoms with Crippen LogP contribution in [0.25, 0.3) is 0 Å². The van der Waals surface area contributed by atoms with Crippen molar-refractivity contribution in [1.29, 1.82) is 0 Å². The smallest absolute Gasteiger partial charge is 0.241 e. The summed E-state index contributed by atoms with van der Waals surface area (Å²) in [6, 6.07) is 11.2. The van der Waals surface area contributed by atoms with Crippen LogP contribution in [-0.2, 0) is 16.6 Å². The summed E-state index contributed by atoms with van der Waals surface area (Å²) in [5.41, 5.74) is 7.18. The summed E-state index contributed by atoms with van der Waals surface area (Å²) in [4.78, 5) is 0.225. The lowest BCUT2D eigenvalue weighted by Crippen LogP contribution is -2.24. The summed E-state index contributed by atoms with van der Waals surface area (Å²) in [6.45, 7) is 1.71. The summed E-state index contributed by atoms with van der Waals surface area (Å²) in [5.74, 6) is 0.00619. The van der Waals surface area contributed by atoms with Crippen LogP contribution in [-0.4, -0.2) is 13.5 Å². The van der Waals surface area contributed by atoms with Gasteiger partial charge in [0.2, 0.25) is 10.0 Å². The van der Waals surface area contributed by atoms with E-state index in [4.69, 9.17) is 5.73 Å². The van der Waals surface area contributed by atoms with Crippen molar-refractivity contribution in [2.24, 2.45) is 0 Å². The van der Waals surface area contributed by atoms with Crippen molar-refractivity contribution in [3.63, 3.8) is 0 Å². The lowest BCUT2D eigenvalue weighted by Gasteiger charge is -2.10. The number of aryl methyl sites for hydroxylation is 1. The number of benzene rings is 2. The molecule has 0 aliphatic rings. The van der Waals surface area contributed by atoms with Crippen molar-refractivity contribution in [3.8, 4) is 5.75 Å². The van der Waals surface area contributed by atoms with Crippen molar-refractivity contribution in [2.75, 3.05) is 5.73 Å². The van der Waals surface area contributed by atoms with Gasteiger partial charge in [0.05, 0.1) is 4.90 Å². The molecule has 0 bridgehead atoms. The third kappa shape index (κ3) is 3.09. The van der Waals surface area contributed by atoms with E-state index in [1.165, 1.54) is 18.2 Å². The van der Waals surface area contributed by atoms with Crippen molar-refractivity contribution in [2.45, 2.75) is 18.4 Å². The Morgan fingerprint density at radius 3 is 2.60 bits per heavy atom. The number of hydrogen-bond acceptors (Lipinski definition) is 4. The quantitative estimate of drug-likeness (QED) is 0.591. The van der Waals surface area contributed by atoms with Crippen LogP contribution >= 0.6 is 0 Å². The van der Waals surface area contributed by atoms with Gasteiger partial charge in [-0.15, -0.1) is 0 Å². The van der Waals surface area contributed by atoms with E-state index in [-0.39, 0.29) is 17.2 Å². The van der Waals surface area contributed by atoms with Gasteiger partial charge in [-0.25, -0.2) is 13.1 Å². The standard InChI is InChI=1S/C14H16N2O3S/c1-10-4-2-3-5-14(10)20(18,19)16-9-11-8-12(15)6-7-13(11)17/h2-8,16-17H,9,15H2,1H3. The minimum atomic E-state index is -3.62. The van der Waals surface area contributed by atoms with Gasteiger partial charge in [-0.2, -0.15) is 0 Å². The number of sulfonamides is 1. The largest absolute Gasteiger partial charge is 0.508 e. The second kappa shape index (κ2) is 5.52. The number of nitrogen functional groups attached to an aromatic ring is 1. The highest BCUT2D eigenvalue weighted by Crippen LogP contribution is 2.21. The molecule has 2 rings (SSSR count). The van der Waals surface area contributed by atoms with Gasteiger partial charge >= 0.3 is 0 Å². The monoisotopic (exact) mass is 292 g/mol. The molecule has 0 unspecified atom stereocenters. The topological polar surface area (TPSA) is 92.4 Å². The third-order valence-electron chi connectivity index (χ3n) is 2.94. The molecule has 0 saturated carbocycles. The minimum absolute atomic E-state index is 0.00619. The highest BCUT2D eigenvalue weighted by Gasteiger charge is 2.16. The summed E-state index contributed by atoms with van der Waals surface area (Å²) in [7, 11) is -3.62. The zero-order valence-corrected chi connectivity index (χ0v) is 11.8. The maximum Gasteiger partial charge on any atom is 0.241 e. The number of aromatic hydroxyl groups is 1. The van der Waals surface area contributed by atoms with E-state index in [9.17, 15) is 13.5 Å². The van der Waals surface area contributed by atoms with Crippen LogP contribution in [0.15, 0.2) is 47.4 Å². The molecule has 20 heavy (non-hydrogen) atoms. The number of rotatable bonds is 4. The average molecular weight is 292 g/mol. The molecular weight excluding hydrogens is 276 g/mol. The molecule has 0 atom stereocenters. The van der Waals surface area contributed by atoms with Crippen LogP contribution in [0.5, 0.6) is 5.75 Å². The molecule has 0 aliphatic carbocycles. The zero-order chi connectivity index (χ0) is 14.8. The second-order valence-electron chi connectivity index (χ2n) is 4.48. The molecular formula is C14H16N2O3S. The Morgan fingerprint density at radius 1 is 1.20 bits per heavy atom. The molecule has 0 radical (unpaired) electrons. The Bertz CT molecular complexity index is 727. The van der Waals surface area contributed by atoms with Gasteiger partial charge in [-0.3, -0.25) is 0 Å². The zero-order valence-electron chi connectivity index (χ0n) is 11.0. The minimum Gasteiger partial charge on any atom is -0.508 e. The molecule has 0 fully saturated rings. The first kappa shape index (κ1) is 14.4. The van der Waals surface area contributed by atoms with Crippen LogP contribution in [0, 0.1) is 6.92 Å². The molecule has 0 spiro atoms. The van der Waals surface area contributed by atoms with E-state index in [0.29, 0.717) is 16.8 Å². The summed E-state index contributed by atoms with van der Waals surface area (Å²) in [5, 5.41) is 9.67. The Kier molecular flexibility index (Phi) is 3.96.